The van der Waals surface area contributed by atoms with E-state index >= 15 is 0 Å². The topological polar surface area (TPSA) is 78.6 Å². The van der Waals surface area contributed by atoms with Gasteiger partial charge in [-0.15, -0.1) is 11.3 Å². The molecule has 0 radical (unpaired) electrons. The Morgan fingerprint density at radius 2 is 1.91 bits per heavy atom. The number of carbonyl (C=O) groups is 1. The van der Waals surface area contributed by atoms with Crippen molar-refractivity contribution >= 4 is 17.2 Å². The predicted molar refractivity (Wildman–Crippen MR) is 114 cm³/mol. The van der Waals surface area contributed by atoms with Crippen LogP contribution in [0.1, 0.15) is 37.3 Å². The molecule has 0 aliphatic rings. The van der Waals surface area contributed by atoms with Crippen molar-refractivity contribution in [2.24, 2.45) is 0 Å². The van der Waals surface area contributed by atoms with Gasteiger partial charge in [0.15, 0.2) is 5.69 Å². The molecule has 3 aromatic rings. The highest BCUT2D eigenvalue weighted by Gasteiger charge is 2.40. The molecule has 2 aromatic heterocycles. The van der Waals surface area contributed by atoms with Crippen LogP contribution < -0.4 is 5.32 Å². The summed E-state index contributed by atoms with van der Waals surface area (Å²) in [5.41, 5.74) is -1.97. The number of thiazole rings is 1. The van der Waals surface area contributed by atoms with Gasteiger partial charge < -0.3 is 14.8 Å². The molecule has 2 N–H and O–H groups in total. The van der Waals surface area contributed by atoms with Crippen molar-refractivity contribution in [1.29, 1.82) is 0 Å². The van der Waals surface area contributed by atoms with Gasteiger partial charge in [-0.2, -0.15) is 26.3 Å². The maximum absolute atomic E-state index is 13.5. The van der Waals surface area contributed by atoms with Gasteiger partial charge in [0.25, 0.3) is 5.91 Å². The third-order valence-corrected chi connectivity index (χ3v) is 6.03. The Bertz CT molecular complexity index is 1130. The molecule has 0 saturated carbocycles. The SMILES string of the molecule is CN(Cc1ccco1)C(O)Cc1nc(C(F)(F)F)c(C(=O)NCCc2cccc(C(F)(F)F)c2)s1. The van der Waals surface area contributed by atoms with Crippen molar-refractivity contribution in [1.82, 2.24) is 15.2 Å². The Hall–Kier alpha value is -2.90. The molecule has 13 heteroatoms. The Morgan fingerprint density at radius 1 is 1.17 bits per heavy atom. The Labute approximate surface area is 200 Å². The van der Waals surface area contributed by atoms with Gasteiger partial charge >= 0.3 is 12.4 Å². The molecule has 6 nitrogen and oxygen atoms in total. The van der Waals surface area contributed by atoms with Crippen LogP contribution in [0.4, 0.5) is 26.3 Å². The van der Waals surface area contributed by atoms with Gasteiger partial charge in [0.1, 0.15) is 16.9 Å². The molecule has 35 heavy (non-hydrogen) atoms. The van der Waals surface area contributed by atoms with Crippen molar-refractivity contribution in [2.75, 3.05) is 13.6 Å². The smallest absolute Gasteiger partial charge is 0.435 e. The number of nitrogens with zero attached hydrogens (tertiary/aromatic N) is 2. The maximum atomic E-state index is 13.5. The summed E-state index contributed by atoms with van der Waals surface area (Å²) in [6.07, 6.45) is -9.46. The molecule has 1 aromatic carbocycles. The van der Waals surface area contributed by atoms with E-state index in [4.69, 9.17) is 4.42 Å². The lowest BCUT2D eigenvalue weighted by Crippen LogP contribution is -2.32. The number of aliphatic hydroxyl groups excluding tert-OH is 1. The van der Waals surface area contributed by atoms with Crippen LogP contribution >= 0.6 is 11.3 Å². The van der Waals surface area contributed by atoms with Crippen LogP contribution in [-0.4, -0.2) is 40.7 Å². The molecule has 0 aliphatic heterocycles. The van der Waals surface area contributed by atoms with Crippen LogP contribution in [0.25, 0.3) is 0 Å². The standard InChI is InChI=1S/C22H21F6N3O3S/c1-31(12-15-6-3-9-34-15)17(32)11-16-30-19(22(26,27)28)18(35-16)20(33)29-8-7-13-4-2-5-14(10-13)21(23,24)25/h2-6,9-10,17,32H,7-8,11-12H2,1H3,(H,29,33). The normalized spacial score (nSPS) is 13.3. The van der Waals surface area contributed by atoms with Crippen LogP contribution in [0.3, 0.4) is 0 Å². The third-order valence-electron chi connectivity index (χ3n) is 4.95. The molecule has 2 heterocycles. The summed E-state index contributed by atoms with van der Waals surface area (Å²) in [5, 5.41) is 12.6. The highest BCUT2D eigenvalue weighted by Crippen LogP contribution is 2.35. The average Bonchev–Trinajstić information content (AvgIpc) is 3.43. The maximum Gasteiger partial charge on any atom is 0.435 e. The van der Waals surface area contributed by atoms with Crippen molar-refractivity contribution in [2.45, 2.75) is 38.0 Å². The first-order valence-corrected chi connectivity index (χ1v) is 11.1. The van der Waals surface area contributed by atoms with E-state index in [9.17, 15) is 36.2 Å². The second-order valence-electron chi connectivity index (χ2n) is 7.67. The summed E-state index contributed by atoms with van der Waals surface area (Å²) in [6, 6.07) is 7.79. The number of hydrogen-bond acceptors (Lipinski definition) is 6. The minimum atomic E-state index is -4.91. The van der Waals surface area contributed by atoms with E-state index in [2.05, 4.69) is 10.3 Å². The molecule has 0 fully saturated rings. The average molecular weight is 521 g/mol. The largest absolute Gasteiger partial charge is 0.468 e. The van der Waals surface area contributed by atoms with Gasteiger partial charge in [-0.3, -0.25) is 9.69 Å². The van der Waals surface area contributed by atoms with Crippen LogP contribution in [0.15, 0.2) is 47.1 Å². The van der Waals surface area contributed by atoms with E-state index in [1.54, 1.807) is 19.2 Å². The summed E-state index contributed by atoms with van der Waals surface area (Å²) >= 11 is 0.498. The summed E-state index contributed by atoms with van der Waals surface area (Å²) in [4.78, 5) is 16.8. The van der Waals surface area contributed by atoms with E-state index in [0.29, 0.717) is 17.1 Å². The zero-order chi connectivity index (χ0) is 25.8. The summed E-state index contributed by atoms with van der Waals surface area (Å²) < 4.78 is 84.1. The van der Waals surface area contributed by atoms with Crippen LogP contribution in [0, 0.1) is 0 Å². The van der Waals surface area contributed by atoms with Crippen molar-refractivity contribution < 1.29 is 40.7 Å². The fourth-order valence-electron chi connectivity index (χ4n) is 3.17. The number of rotatable bonds is 9. The number of aliphatic hydroxyl groups is 1. The predicted octanol–water partition coefficient (Wildman–Crippen LogP) is 4.74. The van der Waals surface area contributed by atoms with E-state index in [0.717, 1.165) is 12.1 Å². The molecule has 1 amide bonds. The first kappa shape index (κ1) is 26.7. The second-order valence-corrected chi connectivity index (χ2v) is 8.75. The first-order chi connectivity index (χ1) is 16.3. The highest BCUT2D eigenvalue weighted by atomic mass is 32.1. The van der Waals surface area contributed by atoms with Gasteiger partial charge in [0.2, 0.25) is 0 Å². The van der Waals surface area contributed by atoms with E-state index in [1.165, 1.54) is 23.3 Å². The van der Waals surface area contributed by atoms with Crippen molar-refractivity contribution in [3.63, 3.8) is 0 Å². The second kappa shape index (κ2) is 10.8. The quantitative estimate of drug-likeness (QED) is 0.314. The number of hydrogen-bond donors (Lipinski definition) is 2. The molecular weight excluding hydrogens is 500 g/mol. The zero-order valence-corrected chi connectivity index (χ0v) is 19.1. The number of likely N-dealkylation sites (N-methyl/N-ethyl adjacent to an activating group) is 1. The fraction of sp³-hybridized carbons (Fsp3) is 0.364. The first-order valence-electron chi connectivity index (χ1n) is 10.3. The number of furan rings is 1. The number of aromatic nitrogens is 1. The summed E-state index contributed by atoms with van der Waals surface area (Å²) in [5.74, 6) is -0.506. The number of amides is 1. The van der Waals surface area contributed by atoms with Crippen molar-refractivity contribution in [3.05, 3.63) is 75.1 Å². The molecule has 0 bridgehead atoms. The van der Waals surface area contributed by atoms with Crippen LogP contribution in [0.5, 0.6) is 0 Å². The van der Waals surface area contributed by atoms with Gasteiger partial charge in [-0.25, -0.2) is 4.98 Å². The molecule has 3 rings (SSSR count). The van der Waals surface area contributed by atoms with Gasteiger partial charge in [0.05, 0.1) is 23.4 Å². The molecule has 1 unspecified atom stereocenters. The number of benzene rings is 1. The van der Waals surface area contributed by atoms with Crippen molar-refractivity contribution in [3.8, 4) is 0 Å². The lowest BCUT2D eigenvalue weighted by molar-refractivity contribution is -0.141. The lowest BCUT2D eigenvalue weighted by Gasteiger charge is -2.21. The summed E-state index contributed by atoms with van der Waals surface area (Å²) in [7, 11) is 1.55. The number of nitrogens with one attached hydrogen (secondary N) is 1. The molecule has 190 valence electrons. The minimum Gasteiger partial charge on any atom is -0.468 e. The molecule has 0 saturated heterocycles. The fourth-order valence-corrected chi connectivity index (χ4v) is 4.20. The Kier molecular flexibility index (Phi) is 8.23. The number of carbonyl (C=O) groups excluding carboxylic acids is 1. The Morgan fingerprint density at radius 3 is 2.54 bits per heavy atom. The van der Waals surface area contributed by atoms with Crippen LogP contribution in [0.2, 0.25) is 0 Å². The molecule has 0 spiro atoms. The van der Waals surface area contributed by atoms with Gasteiger partial charge in [-0.05, 0) is 37.2 Å². The minimum absolute atomic E-state index is 0.0149. The van der Waals surface area contributed by atoms with Crippen LogP contribution in [-0.2, 0) is 31.7 Å². The van der Waals surface area contributed by atoms with E-state index < -0.39 is 40.6 Å². The molecular formula is C22H21F6N3O3S. The zero-order valence-electron chi connectivity index (χ0n) is 18.3. The Balaban J connectivity index is 1.66. The molecule has 0 aliphatic carbocycles. The highest BCUT2D eigenvalue weighted by molar-refractivity contribution is 7.13. The summed E-state index contributed by atoms with van der Waals surface area (Å²) in [6.45, 7) is 0.0216. The van der Waals surface area contributed by atoms with E-state index in [1.807, 2.05) is 0 Å². The van der Waals surface area contributed by atoms with E-state index in [-0.39, 0.29) is 36.5 Å². The van der Waals surface area contributed by atoms with Gasteiger partial charge in [-0.1, -0.05) is 18.2 Å². The van der Waals surface area contributed by atoms with Gasteiger partial charge in [0, 0.05) is 13.0 Å². The number of halogens is 6. The lowest BCUT2D eigenvalue weighted by atomic mass is 10.1. The third kappa shape index (κ3) is 7.29. The monoisotopic (exact) mass is 521 g/mol. The number of alkyl halides is 6. The molecule has 1 atom stereocenters.